The summed E-state index contributed by atoms with van der Waals surface area (Å²) >= 11 is 5.96. The van der Waals surface area contributed by atoms with Gasteiger partial charge in [0.05, 0.1) is 16.8 Å². The maximum Gasteiger partial charge on any atom is 0.252 e. The number of carbonyl (C=O) groups is 1. The number of sulfonamides is 1. The van der Waals surface area contributed by atoms with Crippen LogP contribution in [0, 0.1) is 0 Å². The van der Waals surface area contributed by atoms with E-state index >= 15 is 0 Å². The van der Waals surface area contributed by atoms with E-state index in [1.807, 2.05) is 19.0 Å². The Bertz CT molecular complexity index is 620. The molecule has 0 aliphatic carbocycles. The quantitative estimate of drug-likeness (QED) is 0.719. The van der Waals surface area contributed by atoms with Crippen molar-refractivity contribution in [2.45, 2.75) is 6.42 Å². The van der Waals surface area contributed by atoms with Gasteiger partial charge >= 0.3 is 0 Å². The molecule has 23 heavy (non-hydrogen) atoms. The summed E-state index contributed by atoms with van der Waals surface area (Å²) in [6.45, 7) is 1.71. The van der Waals surface area contributed by atoms with E-state index in [4.69, 9.17) is 11.6 Å². The molecule has 1 N–H and O–H groups in total. The summed E-state index contributed by atoms with van der Waals surface area (Å²) < 4.78 is 24.9. The third-order valence-corrected chi connectivity index (χ3v) is 4.88. The summed E-state index contributed by atoms with van der Waals surface area (Å²) in [6, 6.07) is 6.74. The Kier molecular flexibility index (Phi) is 7.98. The zero-order chi connectivity index (χ0) is 17.5. The van der Waals surface area contributed by atoms with Gasteiger partial charge in [-0.05, 0) is 39.2 Å². The second-order valence-electron chi connectivity index (χ2n) is 5.55. The van der Waals surface area contributed by atoms with E-state index in [-0.39, 0.29) is 19.0 Å². The molecule has 0 spiro atoms. The predicted octanol–water partition coefficient (Wildman–Crippen LogP) is 1.28. The lowest BCUT2D eigenvalue weighted by Crippen LogP contribution is -2.39. The number of nitrogens with zero attached hydrogens (tertiary/aromatic N) is 2. The van der Waals surface area contributed by atoms with Crippen LogP contribution in [-0.4, -0.2) is 70.1 Å². The molecule has 0 aromatic heterocycles. The summed E-state index contributed by atoms with van der Waals surface area (Å²) in [6.07, 6.45) is 1.91. The van der Waals surface area contributed by atoms with Gasteiger partial charge in [-0.1, -0.05) is 23.7 Å². The molecule has 0 radical (unpaired) electrons. The first-order valence-electron chi connectivity index (χ1n) is 7.34. The van der Waals surface area contributed by atoms with Gasteiger partial charge in [0.1, 0.15) is 0 Å². The number of hydrogen-bond donors (Lipinski definition) is 1. The second kappa shape index (κ2) is 9.22. The molecule has 0 heterocycles. The van der Waals surface area contributed by atoms with Gasteiger partial charge < -0.3 is 10.2 Å². The normalized spacial score (nSPS) is 11.9. The average molecular weight is 362 g/mol. The molecule has 1 aromatic rings. The maximum absolute atomic E-state index is 12.0. The first kappa shape index (κ1) is 19.9. The van der Waals surface area contributed by atoms with Crippen molar-refractivity contribution in [2.75, 3.05) is 46.5 Å². The monoisotopic (exact) mass is 361 g/mol. The molecular formula is C15H24ClN3O3S. The van der Waals surface area contributed by atoms with Gasteiger partial charge in [-0.25, -0.2) is 12.7 Å². The number of nitrogens with one attached hydrogen (secondary N) is 1. The maximum atomic E-state index is 12.0. The van der Waals surface area contributed by atoms with Crippen molar-refractivity contribution >= 4 is 27.5 Å². The number of hydrogen-bond acceptors (Lipinski definition) is 4. The Labute approximate surface area is 143 Å². The van der Waals surface area contributed by atoms with Crippen molar-refractivity contribution in [1.29, 1.82) is 0 Å². The van der Waals surface area contributed by atoms with Gasteiger partial charge in [-0.3, -0.25) is 4.79 Å². The fourth-order valence-electron chi connectivity index (χ4n) is 2.04. The van der Waals surface area contributed by atoms with Crippen LogP contribution in [0.4, 0.5) is 0 Å². The van der Waals surface area contributed by atoms with Gasteiger partial charge in [0.15, 0.2) is 0 Å². The molecule has 0 bridgehead atoms. The summed E-state index contributed by atoms with van der Waals surface area (Å²) in [7, 11) is 0.582. The van der Waals surface area contributed by atoms with Crippen LogP contribution < -0.4 is 5.32 Å². The molecule has 1 rings (SSSR count). The molecular weight excluding hydrogens is 338 g/mol. The Balaban J connectivity index is 2.52. The number of halogens is 1. The minimum absolute atomic E-state index is 0.235. The molecule has 0 atom stereocenters. The highest BCUT2D eigenvalue weighted by Gasteiger charge is 2.17. The van der Waals surface area contributed by atoms with Crippen LogP contribution in [0.5, 0.6) is 0 Å². The number of rotatable bonds is 9. The molecule has 0 unspecified atom stereocenters. The molecule has 0 saturated carbocycles. The highest BCUT2D eigenvalue weighted by molar-refractivity contribution is 7.88. The third kappa shape index (κ3) is 7.30. The van der Waals surface area contributed by atoms with E-state index in [1.54, 1.807) is 24.3 Å². The van der Waals surface area contributed by atoms with Gasteiger partial charge in [-0.2, -0.15) is 0 Å². The highest BCUT2D eigenvalue weighted by atomic mass is 35.5. The molecule has 0 aliphatic heterocycles. The Morgan fingerprint density at radius 2 is 1.83 bits per heavy atom. The van der Waals surface area contributed by atoms with Gasteiger partial charge in [0.2, 0.25) is 10.0 Å². The fourth-order valence-corrected chi connectivity index (χ4v) is 3.15. The van der Waals surface area contributed by atoms with Gasteiger partial charge in [0, 0.05) is 19.6 Å². The summed E-state index contributed by atoms with van der Waals surface area (Å²) in [5.41, 5.74) is 0.382. The van der Waals surface area contributed by atoms with Crippen molar-refractivity contribution in [3.8, 4) is 0 Å². The van der Waals surface area contributed by atoms with Gasteiger partial charge in [0.25, 0.3) is 5.91 Å². The lowest BCUT2D eigenvalue weighted by Gasteiger charge is -2.21. The lowest BCUT2D eigenvalue weighted by atomic mass is 10.2. The summed E-state index contributed by atoms with van der Waals surface area (Å²) in [5.74, 6) is -0.308. The topological polar surface area (TPSA) is 69.7 Å². The summed E-state index contributed by atoms with van der Waals surface area (Å²) in [4.78, 5) is 14.0. The van der Waals surface area contributed by atoms with Crippen LogP contribution in [0.1, 0.15) is 16.8 Å². The zero-order valence-corrected chi connectivity index (χ0v) is 15.3. The van der Waals surface area contributed by atoms with Gasteiger partial charge in [-0.15, -0.1) is 0 Å². The predicted molar refractivity (Wildman–Crippen MR) is 93.4 cm³/mol. The van der Waals surface area contributed by atoms with E-state index in [0.717, 1.165) is 13.0 Å². The standard InChI is InChI=1S/C15H24ClN3O3S/c1-18(2)10-6-11-19(23(3,21)22)12-9-17-15(20)13-7-4-5-8-14(13)16/h4-5,7-8H,6,9-12H2,1-3H3,(H,17,20). The molecule has 1 amide bonds. The van der Waals surface area contributed by atoms with E-state index in [1.165, 1.54) is 10.6 Å². The minimum atomic E-state index is -3.30. The average Bonchev–Trinajstić information content (AvgIpc) is 2.44. The zero-order valence-electron chi connectivity index (χ0n) is 13.8. The fraction of sp³-hybridized carbons (Fsp3) is 0.533. The smallest absolute Gasteiger partial charge is 0.252 e. The van der Waals surface area contributed by atoms with Crippen molar-refractivity contribution in [3.05, 3.63) is 34.9 Å². The molecule has 8 heteroatoms. The molecule has 0 saturated heterocycles. The Hall–Kier alpha value is -1.15. The first-order chi connectivity index (χ1) is 10.7. The van der Waals surface area contributed by atoms with Crippen LogP contribution in [-0.2, 0) is 10.0 Å². The van der Waals surface area contributed by atoms with E-state index in [0.29, 0.717) is 17.1 Å². The first-order valence-corrected chi connectivity index (χ1v) is 9.57. The van der Waals surface area contributed by atoms with Crippen LogP contribution in [0.2, 0.25) is 5.02 Å². The second-order valence-corrected chi connectivity index (χ2v) is 7.94. The van der Waals surface area contributed by atoms with Crippen LogP contribution in [0.3, 0.4) is 0 Å². The minimum Gasteiger partial charge on any atom is -0.351 e. The number of carbonyl (C=O) groups excluding carboxylic acids is 1. The highest BCUT2D eigenvalue weighted by Crippen LogP contribution is 2.14. The van der Waals surface area contributed by atoms with E-state index in [9.17, 15) is 13.2 Å². The van der Waals surface area contributed by atoms with E-state index in [2.05, 4.69) is 5.32 Å². The van der Waals surface area contributed by atoms with E-state index < -0.39 is 10.0 Å². The van der Waals surface area contributed by atoms with Crippen molar-refractivity contribution in [1.82, 2.24) is 14.5 Å². The largest absolute Gasteiger partial charge is 0.351 e. The summed E-state index contributed by atoms with van der Waals surface area (Å²) in [5, 5.41) is 3.07. The number of benzene rings is 1. The van der Waals surface area contributed by atoms with Crippen LogP contribution in [0.15, 0.2) is 24.3 Å². The van der Waals surface area contributed by atoms with Crippen LogP contribution in [0.25, 0.3) is 0 Å². The Morgan fingerprint density at radius 3 is 2.39 bits per heavy atom. The molecule has 0 fully saturated rings. The lowest BCUT2D eigenvalue weighted by molar-refractivity contribution is 0.0951. The van der Waals surface area contributed by atoms with Crippen molar-refractivity contribution in [2.24, 2.45) is 0 Å². The number of amides is 1. The van der Waals surface area contributed by atoms with Crippen LogP contribution >= 0.6 is 11.6 Å². The molecule has 1 aromatic carbocycles. The molecule has 6 nitrogen and oxygen atoms in total. The SMILES string of the molecule is CN(C)CCCN(CCNC(=O)c1ccccc1Cl)S(C)(=O)=O. The third-order valence-electron chi connectivity index (χ3n) is 3.25. The molecule has 0 aliphatic rings. The molecule has 130 valence electrons. The Morgan fingerprint density at radius 1 is 1.17 bits per heavy atom. The van der Waals surface area contributed by atoms with Crippen molar-refractivity contribution in [3.63, 3.8) is 0 Å². The van der Waals surface area contributed by atoms with Crippen molar-refractivity contribution < 1.29 is 13.2 Å².